The number of carbonyl (C=O) groups is 2. The lowest BCUT2D eigenvalue weighted by Gasteiger charge is -2.45. The number of fused-ring (bicyclic) bond motifs is 1. The van der Waals surface area contributed by atoms with E-state index in [-0.39, 0.29) is 29.6 Å². The van der Waals surface area contributed by atoms with E-state index in [0.717, 1.165) is 58.4 Å². The highest BCUT2D eigenvalue weighted by Crippen LogP contribution is 2.29. The minimum absolute atomic E-state index is 0.0359. The predicted molar refractivity (Wildman–Crippen MR) is 121 cm³/mol. The molecule has 3 heterocycles. The lowest BCUT2D eigenvalue weighted by molar-refractivity contribution is -0.127. The molecule has 4 unspecified atom stereocenters. The first kappa shape index (κ1) is 22.9. The van der Waals surface area contributed by atoms with Crippen LogP contribution in [-0.4, -0.2) is 79.6 Å². The fourth-order valence-electron chi connectivity index (χ4n) is 5.36. The number of anilines is 1. The molecule has 1 aliphatic carbocycles. The van der Waals surface area contributed by atoms with Gasteiger partial charge in [-0.3, -0.25) is 14.5 Å². The Kier molecular flexibility index (Phi) is 7.25. The molecule has 4 atom stereocenters. The van der Waals surface area contributed by atoms with Crippen molar-refractivity contribution in [3.63, 3.8) is 0 Å². The quantitative estimate of drug-likeness (QED) is 0.568. The lowest BCUT2D eigenvalue weighted by Crippen LogP contribution is -2.65. The van der Waals surface area contributed by atoms with E-state index in [9.17, 15) is 14.0 Å². The minimum Gasteiger partial charge on any atom is -0.365 e. The Morgan fingerprint density at radius 1 is 1.22 bits per heavy atom. The molecule has 32 heavy (non-hydrogen) atoms. The predicted octanol–water partition coefficient (Wildman–Crippen LogP) is 1.13. The zero-order valence-corrected chi connectivity index (χ0v) is 19.1. The maximum absolute atomic E-state index is 14.5. The van der Waals surface area contributed by atoms with E-state index in [4.69, 9.17) is 0 Å². The van der Waals surface area contributed by atoms with Gasteiger partial charge in [0.2, 0.25) is 11.9 Å². The van der Waals surface area contributed by atoms with Gasteiger partial charge >= 0.3 is 0 Å². The summed E-state index contributed by atoms with van der Waals surface area (Å²) in [4.78, 5) is 32.3. The van der Waals surface area contributed by atoms with Crippen molar-refractivity contribution < 1.29 is 14.0 Å². The third-order valence-electron chi connectivity index (χ3n) is 7.11. The molecule has 2 saturated heterocycles. The summed E-state index contributed by atoms with van der Waals surface area (Å²) in [6.07, 6.45) is 5.19. The Hall–Kier alpha value is -2.26. The standard InChI is InChI=1S/C23H35FN6O2/c1-3-4-17-23(32)28-19-13-15(5-6-16(19)26-17)14-29-9-11-30(12-10-29)20-8-7-18(22(31)25-2)27-21(20)24/h7-8,15-17,19,26H,3-6,9-14H2,1-2H3,(H,25,31)(H,28,32). The van der Waals surface area contributed by atoms with E-state index in [1.807, 2.05) is 4.90 Å². The number of nitrogens with zero attached hydrogens (tertiary/aromatic N) is 3. The molecule has 1 aromatic heterocycles. The summed E-state index contributed by atoms with van der Waals surface area (Å²) in [5.74, 6) is -0.265. The van der Waals surface area contributed by atoms with Crippen molar-refractivity contribution in [1.82, 2.24) is 25.8 Å². The first-order valence-corrected chi connectivity index (χ1v) is 11.9. The minimum atomic E-state index is -0.597. The average molecular weight is 447 g/mol. The van der Waals surface area contributed by atoms with Crippen LogP contribution in [0, 0.1) is 11.9 Å². The van der Waals surface area contributed by atoms with E-state index in [0.29, 0.717) is 17.6 Å². The zero-order chi connectivity index (χ0) is 22.7. The summed E-state index contributed by atoms with van der Waals surface area (Å²) in [5, 5.41) is 9.31. The molecule has 9 heteroatoms. The van der Waals surface area contributed by atoms with Crippen molar-refractivity contribution in [2.24, 2.45) is 5.92 Å². The fourth-order valence-corrected chi connectivity index (χ4v) is 5.36. The normalized spacial score (nSPS) is 28.7. The maximum atomic E-state index is 14.5. The van der Waals surface area contributed by atoms with Gasteiger partial charge in [0, 0.05) is 51.9 Å². The maximum Gasteiger partial charge on any atom is 0.269 e. The number of piperazine rings is 2. The summed E-state index contributed by atoms with van der Waals surface area (Å²) in [6, 6.07) is 3.81. The van der Waals surface area contributed by atoms with Crippen molar-refractivity contribution >= 4 is 17.5 Å². The van der Waals surface area contributed by atoms with E-state index in [1.54, 1.807) is 12.1 Å². The van der Waals surface area contributed by atoms with Gasteiger partial charge in [-0.15, -0.1) is 0 Å². The molecule has 2 aliphatic heterocycles. The van der Waals surface area contributed by atoms with E-state index >= 15 is 0 Å². The Balaban J connectivity index is 1.26. The number of halogens is 1. The van der Waals surface area contributed by atoms with Crippen LogP contribution in [0.15, 0.2) is 12.1 Å². The molecule has 3 N–H and O–H groups in total. The van der Waals surface area contributed by atoms with E-state index < -0.39 is 5.95 Å². The number of hydrogen-bond donors (Lipinski definition) is 3. The number of rotatable bonds is 6. The number of carbonyl (C=O) groups excluding carboxylic acids is 2. The van der Waals surface area contributed by atoms with Gasteiger partial charge in [0.15, 0.2) is 0 Å². The van der Waals surface area contributed by atoms with Crippen LogP contribution >= 0.6 is 0 Å². The third kappa shape index (κ3) is 5.04. The molecule has 3 aliphatic rings. The smallest absolute Gasteiger partial charge is 0.269 e. The summed E-state index contributed by atoms with van der Waals surface area (Å²) in [7, 11) is 1.50. The van der Waals surface area contributed by atoms with Crippen molar-refractivity contribution in [2.75, 3.05) is 44.7 Å². The van der Waals surface area contributed by atoms with Gasteiger partial charge in [0.1, 0.15) is 5.69 Å². The van der Waals surface area contributed by atoms with Crippen molar-refractivity contribution in [1.29, 1.82) is 0 Å². The van der Waals surface area contributed by atoms with Gasteiger partial charge in [0.25, 0.3) is 5.91 Å². The highest BCUT2D eigenvalue weighted by atomic mass is 19.1. The molecule has 0 bridgehead atoms. The van der Waals surface area contributed by atoms with E-state index in [1.165, 1.54) is 13.5 Å². The molecule has 0 spiro atoms. The topological polar surface area (TPSA) is 89.6 Å². The SMILES string of the molecule is CCCC1NC2CCC(CN3CCN(c4ccc(C(=O)NC)nc4F)CC3)CC2NC1=O. The molecule has 4 rings (SSSR count). The van der Waals surface area contributed by atoms with Gasteiger partial charge in [-0.05, 0) is 43.7 Å². The van der Waals surface area contributed by atoms with Crippen LogP contribution in [0.5, 0.6) is 0 Å². The lowest BCUT2D eigenvalue weighted by atomic mass is 9.80. The Morgan fingerprint density at radius 3 is 2.69 bits per heavy atom. The highest BCUT2D eigenvalue weighted by Gasteiger charge is 2.39. The molecule has 176 valence electrons. The van der Waals surface area contributed by atoms with Crippen molar-refractivity contribution in [3.8, 4) is 0 Å². The Morgan fingerprint density at radius 2 is 2.00 bits per heavy atom. The van der Waals surface area contributed by atoms with Gasteiger partial charge in [-0.2, -0.15) is 4.39 Å². The molecule has 8 nitrogen and oxygen atoms in total. The highest BCUT2D eigenvalue weighted by molar-refractivity contribution is 5.92. The van der Waals surface area contributed by atoms with Crippen LogP contribution in [-0.2, 0) is 4.79 Å². The van der Waals surface area contributed by atoms with Crippen molar-refractivity contribution in [3.05, 3.63) is 23.8 Å². The number of amides is 2. The van der Waals surface area contributed by atoms with Gasteiger partial charge in [-0.1, -0.05) is 13.3 Å². The molecule has 1 aromatic rings. The van der Waals surface area contributed by atoms with Crippen LogP contribution in [0.4, 0.5) is 10.1 Å². The van der Waals surface area contributed by atoms with Gasteiger partial charge in [0.05, 0.1) is 11.7 Å². The second-order valence-electron chi connectivity index (χ2n) is 9.28. The summed E-state index contributed by atoms with van der Waals surface area (Å²) >= 11 is 0. The van der Waals surface area contributed by atoms with Crippen LogP contribution in [0.1, 0.15) is 49.5 Å². The largest absolute Gasteiger partial charge is 0.365 e. The van der Waals surface area contributed by atoms with Crippen molar-refractivity contribution in [2.45, 2.75) is 57.2 Å². The molecule has 1 saturated carbocycles. The number of hydrogen-bond acceptors (Lipinski definition) is 6. The molecular formula is C23H35FN6O2. The average Bonchev–Trinajstić information content (AvgIpc) is 2.80. The number of nitrogens with one attached hydrogen (secondary N) is 3. The summed E-state index contributed by atoms with van der Waals surface area (Å²) in [5.41, 5.74) is 0.545. The second-order valence-corrected chi connectivity index (χ2v) is 9.28. The number of pyridine rings is 1. The molecular weight excluding hydrogens is 411 g/mol. The Bertz CT molecular complexity index is 829. The first-order valence-electron chi connectivity index (χ1n) is 11.9. The van der Waals surface area contributed by atoms with Crippen LogP contribution in [0.2, 0.25) is 0 Å². The van der Waals surface area contributed by atoms with Crippen LogP contribution in [0.25, 0.3) is 0 Å². The van der Waals surface area contributed by atoms with E-state index in [2.05, 4.69) is 32.8 Å². The fraction of sp³-hybridized carbons (Fsp3) is 0.696. The first-order chi connectivity index (χ1) is 15.5. The molecule has 2 amide bonds. The van der Waals surface area contributed by atoms with Crippen LogP contribution < -0.4 is 20.9 Å². The molecule has 3 fully saturated rings. The monoisotopic (exact) mass is 446 g/mol. The van der Waals surface area contributed by atoms with Crippen LogP contribution in [0.3, 0.4) is 0 Å². The Labute approximate surface area is 189 Å². The third-order valence-corrected chi connectivity index (χ3v) is 7.11. The zero-order valence-electron chi connectivity index (χ0n) is 19.1. The van der Waals surface area contributed by atoms with Gasteiger partial charge < -0.3 is 20.9 Å². The molecule has 0 radical (unpaired) electrons. The summed E-state index contributed by atoms with van der Waals surface area (Å²) in [6.45, 7) is 6.32. The number of aromatic nitrogens is 1. The molecule has 0 aromatic carbocycles. The second kappa shape index (κ2) is 10.1. The summed E-state index contributed by atoms with van der Waals surface area (Å²) < 4.78 is 14.5. The van der Waals surface area contributed by atoms with Gasteiger partial charge in [-0.25, -0.2) is 4.98 Å².